The molecule has 7 heteroatoms. The van der Waals surface area contributed by atoms with Crippen LogP contribution in [0.1, 0.15) is 81.7 Å². The van der Waals surface area contributed by atoms with E-state index in [2.05, 4.69) is 18.2 Å². The van der Waals surface area contributed by atoms with Crippen LogP contribution in [0.4, 0.5) is 4.79 Å². The van der Waals surface area contributed by atoms with E-state index >= 15 is 0 Å². The number of halogens is 1. The Bertz CT molecular complexity index is 1150. The summed E-state index contributed by atoms with van der Waals surface area (Å²) in [5.41, 5.74) is 4.86. The number of nitrogens with zero attached hydrogens (tertiary/aromatic N) is 2. The Hall–Kier alpha value is -2.86. The minimum Gasteiger partial charge on any atom is -0.466 e. The molecule has 1 amide bonds. The van der Waals surface area contributed by atoms with E-state index in [4.69, 9.17) is 26.1 Å². The zero-order valence-electron chi connectivity index (χ0n) is 21.6. The molecule has 0 spiro atoms. The summed E-state index contributed by atoms with van der Waals surface area (Å²) < 4.78 is 10.8. The Kier molecular flexibility index (Phi) is 8.04. The largest absolute Gasteiger partial charge is 0.466 e. The van der Waals surface area contributed by atoms with Crippen LogP contribution in [0, 0.1) is 5.92 Å². The average Bonchev–Trinajstić information content (AvgIpc) is 2.96. The highest BCUT2D eigenvalue weighted by molar-refractivity contribution is 6.30. The number of esters is 1. The number of hydrogen-bond donors (Lipinski definition) is 0. The van der Waals surface area contributed by atoms with Crippen molar-refractivity contribution in [2.75, 3.05) is 19.7 Å². The third-order valence-electron chi connectivity index (χ3n) is 6.76. The number of aromatic nitrogens is 1. The maximum absolute atomic E-state index is 12.6. The van der Waals surface area contributed by atoms with Gasteiger partial charge in [0.1, 0.15) is 5.60 Å². The Labute approximate surface area is 218 Å². The second-order valence-electron chi connectivity index (χ2n) is 10.5. The molecule has 1 saturated heterocycles. The van der Waals surface area contributed by atoms with Crippen molar-refractivity contribution in [3.63, 3.8) is 0 Å². The van der Waals surface area contributed by atoms with Crippen molar-refractivity contribution in [3.05, 3.63) is 63.9 Å². The molecule has 192 valence electrons. The lowest BCUT2D eigenvalue weighted by molar-refractivity contribution is -0.142. The molecule has 1 aromatic heterocycles. The molecule has 2 aliphatic rings. The standard InChI is InChI=1S/C29H35ClN2O4/c1-5-35-25(33)11-8-20-17-21-18-22(30)9-10-23(21)26(27-24(20)7-6-14-31-27)19-12-15-32(16-13-19)28(34)36-29(2,3)4/h6-7,9-10,14,17-19,26H,5,8,11-13,15-16H2,1-4H3. The predicted molar refractivity (Wildman–Crippen MR) is 142 cm³/mol. The van der Waals surface area contributed by atoms with Crippen LogP contribution >= 0.6 is 11.6 Å². The summed E-state index contributed by atoms with van der Waals surface area (Å²) in [5, 5.41) is 0.673. The van der Waals surface area contributed by atoms with E-state index in [1.165, 1.54) is 5.56 Å². The first kappa shape index (κ1) is 26.2. The molecule has 0 N–H and O–H groups in total. The highest BCUT2D eigenvalue weighted by atomic mass is 35.5. The second-order valence-corrected chi connectivity index (χ2v) is 10.9. The Morgan fingerprint density at radius 2 is 1.92 bits per heavy atom. The van der Waals surface area contributed by atoms with Gasteiger partial charge in [0.25, 0.3) is 0 Å². The van der Waals surface area contributed by atoms with Gasteiger partial charge in [-0.1, -0.05) is 29.8 Å². The van der Waals surface area contributed by atoms with Gasteiger partial charge in [-0.15, -0.1) is 0 Å². The van der Waals surface area contributed by atoms with Crippen molar-refractivity contribution in [2.45, 2.75) is 64.9 Å². The average molecular weight is 511 g/mol. The van der Waals surface area contributed by atoms with Crippen LogP contribution in [0.5, 0.6) is 0 Å². The van der Waals surface area contributed by atoms with Crippen LogP contribution in [0.3, 0.4) is 0 Å². The van der Waals surface area contributed by atoms with E-state index in [1.54, 1.807) is 0 Å². The van der Waals surface area contributed by atoms with E-state index in [1.807, 2.05) is 57.0 Å². The van der Waals surface area contributed by atoms with E-state index in [-0.39, 0.29) is 18.0 Å². The van der Waals surface area contributed by atoms with E-state index in [9.17, 15) is 9.59 Å². The van der Waals surface area contributed by atoms with Crippen molar-refractivity contribution in [1.82, 2.24) is 9.88 Å². The van der Waals surface area contributed by atoms with Gasteiger partial charge in [-0.2, -0.15) is 0 Å². The summed E-state index contributed by atoms with van der Waals surface area (Å²) in [7, 11) is 0. The van der Waals surface area contributed by atoms with Crippen molar-refractivity contribution in [2.24, 2.45) is 5.92 Å². The van der Waals surface area contributed by atoms with Gasteiger partial charge in [0.15, 0.2) is 0 Å². The summed E-state index contributed by atoms with van der Waals surface area (Å²) in [6.45, 7) is 9.15. The normalized spacial score (nSPS) is 18.0. The first-order valence-electron chi connectivity index (χ1n) is 12.7. The van der Waals surface area contributed by atoms with Crippen molar-refractivity contribution < 1.29 is 19.1 Å². The predicted octanol–water partition coefficient (Wildman–Crippen LogP) is 6.71. The fraction of sp³-hybridized carbons (Fsp3) is 0.483. The number of fused-ring (bicyclic) bond motifs is 2. The van der Waals surface area contributed by atoms with E-state index < -0.39 is 5.60 Å². The topological polar surface area (TPSA) is 68.7 Å². The third-order valence-corrected chi connectivity index (χ3v) is 6.99. The minimum atomic E-state index is -0.512. The molecule has 6 nitrogen and oxygen atoms in total. The maximum atomic E-state index is 12.6. The molecule has 1 atom stereocenters. The van der Waals surface area contributed by atoms with Gasteiger partial charge in [0.05, 0.1) is 12.3 Å². The molecule has 0 bridgehead atoms. The van der Waals surface area contributed by atoms with Gasteiger partial charge >= 0.3 is 12.1 Å². The fourth-order valence-corrected chi connectivity index (χ4v) is 5.38. The minimum absolute atomic E-state index is 0.0607. The summed E-state index contributed by atoms with van der Waals surface area (Å²) in [4.78, 5) is 31.5. The van der Waals surface area contributed by atoms with Crippen LogP contribution < -0.4 is 0 Å². The number of pyridine rings is 1. The molecule has 1 aromatic carbocycles. The summed E-state index contributed by atoms with van der Waals surface area (Å²) in [5.74, 6) is 0.158. The molecule has 1 unspecified atom stereocenters. The molecule has 1 fully saturated rings. The number of carbonyl (C=O) groups excluding carboxylic acids is 2. The number of hydrogen-bond acceptors (Lipinski definition) is 5. The van der Waals surface area contributed by atoms with Crippen molar-refractivity contribution in [3.8, 4) is 0 Å². The lowest BCUT2D eigenvalue weighted by atomic mass is 9.76. The highest BCUT2D eigenvalue weighted by Crippen LogP contribution is 2.45. The van der Waals surface area contributed by atoms with Crippen LogP contribution in [-0.4, -0.2) is 47.2 Å². The molecule has 4 rings (SSSR count). The highest BCUT2D eigenvalue weighted by Gasteiger charge is 2.36. The Morgan fingerprint density at radius 3 is 2.61 bits per heavy atom. The van der Waals surface area contributed by atoms with Crippen LogP contribution in [0.25, 0.3) is 11.6 Å². The molecular formula is C29H35ClN2O4. The van der Waals surface area contributed by atoms with Gasteiger partial charge in [-0.3, -0.25) is 9.78 Å². The molecule has 2 heterocycles. The number of likely N-dealkylation sites (tertiary alicyclic amines) is 1. The Balaban J connectivity index is 1.65. The molecule has 1 aliphatic carbocycles. The zero-order valence-corrected chi connectivity index (χ0v) is 22.3. The Morgan fingerprint density at radius 1 is 1.17 bits per heavy atom. The maximum Gasteiger partial charge on any atom is 0.410 e. The molecule has 0 saturated carbocycles. The smallest absolute Gasteiger partial charge is 0.410 e. The molecule has 2 aromatic rings. The van der Waals surface area contributed by atoms with Crippen LogP contribution in [0.2, 0.25) is 5.02 Å². The molecule has 1 aliphatic heterocycles. The van der Waals surface area contributed by atoms with Crippen molar-refractivity contribution in [1.29, 1.82) is 0 Å². The third kappa shape index (κ3) is 6.09. The van der Waals surface area contributed by atoms with Crippen LogP contribution in [0.15, 0.2) is 36.5 Å². The first-order valence-corrected chi connectivity index (χ1v) is 13.1. The fourth-order valence-electron chi connectivity index (χ4n) is 5.20. The van der Waals surface area contributed by atoms with E-state index in [0.29, 0.717) is 43.5 Å². The monoisotopic (exact) mass is 510 g/mol. The molecule has 0 radical (unpaired) electrons. The number of rotatable bonds is 5. The van der Waals surface area contributed by atoms with Gasteiger partial charge in [0, 0.05) is 36.6 Å². The van der Waals surface area contributed by atoms with Gasteiger partial charge in [-0.25, -0.2) is 4.79 Å². The van der Waals surface area contributed by atoms with Gasteiger partial charge in [0.2, 0.25) is 0 Å². The summed E-state index contributed by atoms with van der Waals surface area (Å²) >= 11 is 6.42. The zero-order chi connectivity index (χ0) is 25.9. The quantitative estimate of drug-likeness (QED) is 0.418. The summed E-state index contributed by atoms with van der Waals surface area (Å²) in [6, 6.07) is 10.1. The van der Waals surface area contributed by atoms with E-state index in [0.717, 1.165) is 35.2 Å². The lowest BCUT2D eigenvalue weighted by Crippen LogP contribution is -2.42. The SMILES string of the molecule is CCOC(=O)CCC1=Cc2cc(Cl)ccc2C(C2CCN(C(=O)OC(C)(C)C)CC2)c2ncccc21. The number of allylic oxidation sites excluding steroid dienone is 1. The van der Waals surface area contributed by atoms with Gasteiger partial charge < -0.3 is 14.4 Å². The number of benzene rings is 1. The second kappa shape index (κ2) is 11.0. The molecular weight excluding hydrogens is 476 g/mol. The number of carbonyl (C=O) groups is 2. The first-order chi connectivity index (χ1) is 17.2. The lowest BCUT2D eigenvalue weighted by Gasteiger charge is -2.37. The molecule has 36 heavy (non-hydrogen) atoms. The van der Waals surface area contributed by atoms with Gasteiger partial charge in [-0.05, 0) is 93.3 Å². The number of amides is 1. The number of piperidine rings is 1. The van der Waals surface area contributed by atoms with Crippen LogP contribution in [-0.2, 0) is 14.3 Å². The summed E-state index contributed by atoms with van der Waals surface area (Å²) in [6.07, 6.45) is 6.30. The number of ether oxygens (including phenoxy) is 2. The van der Waals surface area contributed by atoms with Crippen molar-refractivity contribution >= 4 is 35.3 Å².